The number of amides is 1. The highest BCUT2D eigenvalue weighted by Crippen LogP contribution is 2.28. The van der Waals surface area contributed by atoms with Crippen molar-refractivity contribution >= 4 is 27.3 Å². The maximum Gasteiger partial charge on any atom is 0.252 e. The molecule has 0 saturated carbocycles. The molecule has 10 heteroatoms. The number of piperidine rings is 1. The van der Waals surface area contributed by atoms with Crippen LogP contribution in [0.5, 0.6) is 11.5 Å². The summed E-state index contributed by atoms with van der Waals surface area (Å²) in [5, 5.41) is 6.44. The van der Waals surface area contributed by atoms with Gasteiger partial charge in [-0.05, 0) is 60.4 Å². The summed E-state index contributed by atoms with van der Waals surface area (Å²) < 4.78 is 39.1. The van der Waals surface area contributed by atoms with Crippen molar-refractivity contribution in [2.24, 2.45) is 0 Å². The lowest BCUT2D eigenvalue weighted by molar-refractivity contribution is 0.0951. The second-order valence-corrected chi connectivity index (χ2v) is 12.6. The quantitative estimate of drug-likeness (QED) is 0.430. The largest absolute Gasteiger partial charge is 0.497 e. The van der Waals surface area contributed by atoms with Gasteiger partial charge >= 0.3 is 0 Å². The van der Waals surface area contributed by atoms with E-state index >= 15 is 0 Å². The third-order valence-electron chi connectivity index (χ3n) is 6.79. The van der Waals surface area contributed by atoms with Gasteiger partial charge in [-0.1, -0.05) is 18.2 Å². The first-order valence-corrected chi connectivity index (χ1v) is 14.7. The Morgan fingerprint density at radius 1 is 1.11 bits per heavy atom. The number of methoxy groups -OCH3 is 1. The fraction of sp³-hybridized carbons (Fsp3) is 0.370. The second-order valence-electron chi connectivity index (χ2n) is 9.24. The standard InChI is InChI=1S/C27H31N3O5S2/c1-34-23-4-2-3-21(16-23)27(31)29-18-24-6-8-26(36-24)37(32,33)30-12-9-22(10-13-30)28-17-19-5-7-25-20(15-19)11-14-35-25/h2-8,15-16,22,28H,9-14,17-18H2,1H3,(H,29,31). The highest BCUT2D eigenvalue weighted by Gasteiger charge is 2.30. The van der Waals surface area contributed by atoms with Crippen LogP contribution in [-0.4, -0.2) is 51.5 Å². The van der Waals surface area contributed by atoms with Crippen LogP contribution in [0.25, 0.3) is 0 Å². The molecule has 0 radical (unpaired) electrons. The predicted molar refractivity (Wildman–Crippen MR) is 143 cm³/mol. The Hall–Kier alpha value is -2.92. The summed E-state index contributed by atoms with van der Waals surface area (Å²) in [5.74, 6) is 1.35. The third-order valence-corrected chi connectivity index (χ3v) is 10.2. The number of nitrogens with zero attached hydrogens (tertiary/aromatic N) is 1. The average Bonchev–Trinajstić information content (AvgIpc) is 3.60. The van der Waals surface area contributed by atoms with Crippen molar-refractivity contribution < 1.29 is 22.7 Å². The molecule has 0 bridgehead atoms. The van der Waals surface area contributed by atoms with E-state index in [1.54, 1.807) is 47.8 Å². The molecule has 0 aliphatic carbocycles. The number of hydrogen-bond acceptors (Lipinski definition) is 7. The van der Waals surface area contributed by atoms with Crippen molar-refractivity contribution in [3.63, 3.8) is 0 Å². The van der Waals surface area contributed by atoms with Crippen LogP contribution in [0.3, 0.4) is 0 Å². The predicted octanol–water partition coefficient (Wildman–Crippen LogP) is 3.56. The summed E-state index contributed by atoms with van der Waals surface area (Å²) in [5.41, 5.74) is 2.98. The van der Waals surface area contributed by atoms with Gasteiger partial charge in [0.15, 0.2) is 0 Å². The molecule has 0 unspecified atom stereocenters. The van der Waals surface area contributed by atoms with E-state index in [0.717, 1.165) is 43.0 Å². The minimum absolute atomic E-state index is 0.237. The van der Waals surface area contributed by atoms with Crippen molar-refractivity contribution in [3.8, 4) is 11.5 Å². The van der Waals surface area contributed by atoms with Crippen LogP contribution in [0.4, 0.5) is 0 Å². The Morgan fingerprint density at radius 3 is 2.76 bits per heavy atom. The summed E-state index contributed by atoms with van der Waals surface area (Å²) in [4.78, 5) is 13.2. The van der Waals surface area contributed by atoms with E-state index in [-0.39, 0.29) is 18.5 Å². The number of hydrogen-bond donors (Lipinski definition) is 2. The molecule has 196 valence electrons. The SMILES string of the molecule is COc1cccc(C(=O)NCc2ccc(S(=O)(=O)N3CCC(NCc4ccc5c(c4)CCO5)CC3)s2)c1. The van der Waals surface area contributed by atoms with Gasteiger partial charge in [-0.15, -0.1) is 11.3 Å². The van der Waals surface area contributed by atoms with Gasteiger partial charge in [-0.25, -0.2) is 8.42 Å². The maximum absolute atomic E-state index is 13.2. The first-order valence-electron chi connectivity index (χ1n) is 12.4. The minimum atomic E-state index is -3.56. The van der Waals surface area contributed by atoms with E-state index in [4.69, 9.17) is 9.47 Å². The number of benzene rings is 2. The van der Waals surface area contributed by atoms with Crippen LogP contribution in [0.1, 0.15) is 39.2 Å². The number of rotatable bonds is 9. The molecule has 3 aromatic rings. The number of nitrogens with one attached hydrogen (secondary N) is 2. The van der Waals surface area contributed by atoms with Gasteiger partial charge < -0.3 is 20.1 Å². The van der Waals surface area contributed by atoms with Crippen molar-refractivity contribution in [1.29, 1.82) is 0 Å². The highest BCUT2D eigenvalue weighted by atomic mass is 32.2. The van der Waals surface area contributed by atoms with E-state index in [0.29, 0.717) is 28.6 Å². The molecule has 0 atom stereocenters. The molecule has 2 N–H and O–H groups in total. The Labute approximate surface area is 221 Å². The molecule has 8 nitrogen and oxygen atoms in total. The van der Waals surface area contributed by atoms with Crippen LogP contribution in [0, 0.1) is 0 Å². The van der Waals surface area contributed by atoms with E-state index in [1.165, 1.54) is 22.5 Å². The zero-order valence-electron chi connectivity index (χ0n) is 20.7. The summed E-state index contributed by atoms with van der Waals surface area (Å²) >= 11 is 1.20. The molecule has 1 amide bonds. The van der Waals surface area contributed by atoms with Crippen LogP contribution < -0.4 is 20.1 Å². The monoisotopic (exact) mass is 541 g/mol. The molecule has 2 aliphatic heterocycles. The van der Waals surface area contributed by atoms with Crippen molar-refractivity contribution in [1.82, 2.24) is 14.9 Å². The fourth-order valence-corrected chi connectivity index (χ4v) is 7.58. The summed E-state index contributed by atoms with van der Waals surface area (Å²) in [6.07, 6.45) is 2.49. The van der Waals surface area contributed by atoms with Crippen LogP contribution in [-0.2, 0) is 29.5 Å². The van der Waals surface area contributed by atoms with Gasteiger partial charge in [0.1, 0.15) is 15.7 Å². The summed E-state index contributed by atoms with van der Waals surface area (Å²) in [6, 6.07) is 16.9. The van der Waals surface area contributed by atoms with E-state index in [2.05, 4.69) is 22.8 Å². The Kier molecular flexibility index (Phi) is 7.80. The topological polar surface area (TPSA) is 97.0 Å². The lowest BCUT2D eigenvalue weighted by atomic mass is 10.1. The Balaban J connectivity index is 1.11. The molecule has 1 fully saturated rings. The van der Waals surface area contributed by atoms with Crippen LogP contribution >= 0.6 is 11.3 Å². The van der Waals surface area contributed by atoms with E-state index in [9.17, 15) is 13.2 Å². The number of ether oxygens (including phenoxy) is 2. The van der Waals surface area contributed by atoms with Gasteiger partial charge in [0.2, 0.25) is 0 Å². The summed E-state index contributed by atoms with van der Waals surface area (Å²) in [6.45, 7) is 2.75. The number of fused-ring (bicyclic) bond motifs is 1. The highest BCUT2D eigenvalue weighted by molar-refractivity contribution is 7.91. The smallest absolute Gasteiger partial charge is 0.252 e. The van der Waals surface area contributed by atoms with Gasteiger partial charge in [-0.2, -0.15) is 4.31 Å². The molecule has 3 heterocycles. The summed E-state index contributed by atoms with van der Waals surface area (Å²) in [7, 11) is -2.01. The fourth-order valence-electron chi connectivity index (χ4n) is 4.67. The first-order chi connectivity index (χ1) is 17.9. The zero-order chi connectivity index (χ0) is 25.8. The number of thiophene rings is 1. The Bertz CT molecular complexity index is 1360. The lowest BCUT2D eigenvalue weighted by Gasteiger charge is -2.31. The second kappa shape index (κ2) is 11.2. The molecule has 2 aromatic carbocycles. The third kappa shape index (κ3) is 5.98. The molecule has 2 aliphatic rings. The zero-order valence-corrected chi connectivity index (χ0v) is 22.4. The molecule has 1 saturated heterocycles. The van der Waals surface area contributed by atoms with Gasteiger partial charge in [0, 0.05) is 42.5 Å². The molecule has 37 heavy (non-hydrogen) atoms. The normalized spacial score (nSPS) is 16.2. The van der Waals surface area contributed by atoms with Crippen LogP contribution in [0.15, 0.2) is 58.8 Å². The van der Waals surface area contributed by atoms with Crippen molar-refractivity contribution in [2.45, 2.75) is 42.6 Å². The van der Waals surface area contributed by atoms with E-state index in [1.807, 2.05) is 6.07 Å². The number of carbonyl (C=O) groups is 1. The first kappa shape index (κ1) is 25.7. The van der Waals surface area contributed by atoms with Crippen molar-refractivity contribution in [3.05, 3.63) is 76.2 Å². The minimum Gasteiger partial charge on any atom is -0.497 e. The number of carbonyl (C=O) groups excluding carboxylic acids is 1. The van der Waals surface area contributed by atoms with Gasteiger partial charge in [0.25, 0.3) is 15.9 Å². The van der Waals surface area contributed by atoms with Crippen LogP contribution in [0.2, 0.25) is 0 Å². The molecule has 1 aromatic heterocycles. The maximum atomic E-state index is 13.2. The number of sulfonamides is 1. The lowest BCUT2D eigenvalue weighted by Crippen LogP contribution is -2.44. The molecular formula is C27H31N3O5S2. The Morgan fingerprint density at radius 2 is 1.95 bits per heavy atom. The molecule has 5 rings (SSSR count). The van der Waals surface area contributed by atoms with Gasteiger partial charge in [0.05, 0.1) is 20.3 Å². The average molecular weight is 542 g/mol. The molecular weight excluding hydrogens is 510 g/mol. The van der Waals surface area contributed by atoms with E-state index < -0.39 is 10.0 Å². The van der Waals surface area contributed by atoms with Gasteiger partial charge in [-0.3, -0.25) is 4.79 Å². The molecule has 0 spiro atoms. The van der Waals surface area contributed by atoms with Crippen molar-refractivity contribution in [2.75, 3.05) is 26.8 Å².